The van der Waals surface area contributed by atoms with Crippen LogP contribution in [0.2, 0.25) is 5.02 Å². The number of aryl methyl sites for hydroxylation is 1. The van der Waals surface area contributed by atoms with E-state index < -0.39 is 5.97 Å². The first-order valence-corrected chi connectivity index (χ1v) is 9.86. The molecular weight excluding hydrogens is 402 g/mol. The number of hydrogen-bond donors (Lipinski definition) is 0. The van der Waals surface area contributed by atoms with Crippen LogP contribution in [0.3, 0.4) is 0 Å². The molecule has 0 fully saturated rings. The fourth-order valence-corrected chi connectivity index (χ4v) is 3.21. The van der Waals surface area contributed by atoms with Gasteiger partial charge in [0.2, 0.25) is 0 Å². The molecule has 6 nitrogen and oxygen atoms in total. The number of amides is 1. The first-order chi connectivity index (χ1) is 14.2. The zero-order valence-corrected chi connectivity index (χ0v) is 18.2. The van der Waals surface area contributed by atoms with Crippen molar-refractivity contribution in [3.05, 3.63) is 70.4 Å². The van der Waals surface area contributed by atoms with Crippen molar-refractivity contribution in [3.63, 3.8) is 0 Å². The van der Waals surface area contributed by atoms with Crippen molar-refractivity contribution in [1.29, 1.82) is 0 Å². The van der Waals surface area contributed by atoms with Gasteiger partial charge in [0, 0.05) is 43.8 Å². The molecule has 0 aliphatic carbocycles. The number of ether oxygens (including phenoxy) is 1. The standard InChI is InChI=1S/C23H24ClN3O3/c1-15-20(12-17-11-18(24)7-10-21(17)25-15)23(29)30-14-22(28)27(4)13-16-5-8-19(9-6-16)26(2)3/h5-12H,13-14H2,1-4H3. The van der Waals surface area contributed by atoms with Crippen LogP contribution in [0.5, 0.6) is 0 Å². The molecular formula is C23H24ClN3O3. The molecule has 7 heteroatoms. The van der Waals surface area contributed by atoms with E-state index in [9.17, 15) is 9.59 Å². The highest BCUT2D eigenvalue weighted by Gasteiger charge is 2.17. The van der Waals surface area contributed by atoms with Gasteiger partial charge < -0.3 is 14.5 Å². The Labute approximate surface area is 181 Å². The number of likely N-dealkylation sites (N-methyl/N-ethyl adjacent to an activating group) is 1. The summed E-state index contributed by atoms with van der Waals surface area (Å²) in [5.74, 6) is -0.867. The predicted molar refractivity (Wildman–Crippen MR) is 119 cm³/mol. The molecule has 0 saturated heterocycles. The highest BCUT2D eigenvalue weighted by molar-refractivity contribution is 6.31. The monoisotopic (exact) mass is 425 g/mol. The third kappa shape index (κ3) is 5.07. The summed E-state index contributed by atoms with van der Waals surface area (Å²) in [6.07, 6.45) is 0. The van der Waals surface area contributed by atoms with Crippen LogP contribution < -0.4 is 4.90 Å². The molecule has 1 heterocycles. The van der Waals surface area contributed by atoms with E-state index in [1.54, 1.807) is 38.2 Å². The average molecular weight is 426 g/mol. The highest BCUT2D eigenvalue weighted by atomic mass is 35.5. The van der Waals surface area contributed by atoms with E-state index >= 15 is 0 Å². The van der Waals surface area contributed by atoms with Crippen LogP contribution in [0.4, 0.5) is 5.69 Å². The van der Waals surface area contributed by atoms with E-state index in [4.69, 9.17) is 16.3 Å². The molecule has 156 valence electrons. The Morgan fingerprint density at radius 1 is 1.03 bits per heavy atom. The molecule has 0 radical (unpaired) electrons. The predicted octanol–water partition coefficient (Wildman–Crippen LogP) is 4.08. The van der Waals surface area contributed by atoms with Crippen molar-refractivity contribution in [3.8, 4) is 0 Å². The maximum absolute atomic E-state index is 12.5. The number of hydrogen-bond acceptors (Lipinski definition) is 5. The maximum Gasteiger partial charge on any atom is 0.340 e. The number of carbonyl (C=O) groups excluding carboxylic acids is 2. The third-order valence-corrected chi connectivity index (χ3v) is 5.05. The van der Waals surface area contributed by atoms with Gasteiger partial charge >= 0.3 is 5.97 Å². The molecule has 3 aromatic rings. The number of rotatable bonds is 6. The maximum atomic E-state index is 12.5. The topological polar surface area (TPSA) is 62.7 Å². The summed E-state index contributed by atoms with van der Waals surface area (Å²) < 4.78 is 5.25. The Kier molecular flexibility index (Phi) is 6.57. The van der Waals surface area contributed by atoms with Crippen LogP contribution >= 0.6 is 11.6 Å². The van der Waals surface area contributed by atoms with Gasteiger partial charge in [-0.2, -0.15) is 0 Å². The Morgan fingerprint density at radius 3 is 2.40 bits per heavy atom. The number of halogens is 1. The lowest BCUT2D eigenvalue weighted by Crippen LogP contribution is -2.31. The molecule has 0 aliphatic rings. The van der Waals surface area contributed by atoms with E-state index in [-0.39, 0.29) is 12.5 Å². The minimum atomic E-state index is -0.584. The Bertz CT molecular complexity index is 1080. The van der Waals surface area contributed by atoms with Crippen molar-refractivity contribution in [2.75, 3.05) is 32.6 Å². The van der Waals surface area contributed by atoms with Crippen molar-refractivity contribution in [1.82, 2.24) is 9.88 Å². The van der Waals surface area contributed by atoms with E-state index in [1.807, 2.05) is 43.3 Å². The molecule has 0 unspecified atom stereocenters. The molecule has 0 spiro atoms. The quantitative estimate of drug-likeness (QED) is 0.557. The van der Waals surface area contributed by atoms with Gasteiger partial charge in [-0.15, -0.1) is 0 Å². The summed E-state index contributed by atoms with van der Waals surface area (Å²) in [4.78, 5) is 32.9. The van der Waals surface area contributed by atoms with Gasteiger partial charge in [0.05, 0.1) is 16.8 Å². The second-order valence-electron chi connectivity index (χ2n) is 7.35. The zero-order valence-electron chi connectivity index (χ0n) is 17.5. The number of aromatic nitrogens is 1. The van der Waals surface area contributed by atoms with Crippen LogP contribution in [-0.2, 0) is 16.1 Å². The molecule has 3 rings (SSSR count). The van der Waals surface area contributed by atoms with E-state index in [0.29, 0.717) is 22.8 Å². The molecule has 0 atom stereocenters. The normalized spacial score (nSPS) is 10.7. The number of fused-ring (bicyclic) bond motifs is 1. The minimum absolute atomic E-state index is 0.283. The first kappa shape index (κ1) is 21.6. The smallest absolute Gasteiger partial charge is 0.340 e. The zero-order chi connectivity index (χ0) is 21.8. The minimum Gasteiger partial charge on any atom is -0.452 e. The molecule has 0 saturated carbocycles. The highest BCUT2D eigenvalue weighted by Crippen LogP contribution is 2.21. The molecule has 2 aromatic carbocycles. The summed E-state index contributed by atoms with van der Waals surface area (Å²) >= 11 is 6.02. The van der Waals surface area contributed by atoms with Crippen LogP contribution in [0.15, 0.2) is 48.5 Å². The SMILES string of the molecule is Cc1nc2ccc(Cl)cc2cc1C(=O)OCC(=O)N(C)Cc1ccc(N(C)C)cc1. The van der Waals surface area contributed by atoms with Crippen LogP contribution in [0, 0.1) is 6.92 Å². The Balaban J connectivity index is 1.61. The van der Waals surface area contributed by atoms with Crippen LogP contribution in [0.25, 0.3) is 10.9 Å². The fraction of sp³-hybridized carbons (Fsp3) is 0.261. The first-order valence-electron chi connectivity index (χ1n) is 9.49. The molecule has 0 aliphatic heterocycles. The number of nitrogens with zero attached hydrogens (tertiary/aromatic N) is 3. The van der Waals surface area contributed by atoms with Crippen LogP contribution in [0.1, 0.15) is 21.6 Å². The Morgan fingerprint density at radius 2 is 1.73 bits per heavy atom. The summed E-state index contributed by atoms with van der Waals surface area (Å²) in [5.41, 5.74) is 3.68. The van der Waals surface area contributed by atoms with Crippen LogP contribution in [-0.4, -0.2) is 49.5 Å². The van der Waals surface area contributed by atoms with E-state index in [1.165, 1.54) is 4.90 Å². The average Bonchev–Trinajstić information content (AvgIpc) is 2.71. The lowest BCUT2D eigenvalue weighted by Gasteiger charge is -2.18. The summed E-state index contributed by atoms with van der Waals surface area (Å²) in [6, 6.07) is 14.9. The number of esters is 1. The lowest BCUT2D eigenvalue weighted by molar-refractivity contribution is -0.133. The molecule has 1 aromatic heterocycles. The van der Waals surface area contributed by atoms with E-state index in [0.717, 1.165) is 22.2 Å². The largest absolute Gasteiger partial charge is 0.452 e. The van der Waals surface area contributed by atoms with Gasteiger partial charge in [0.25, 0.3) is 5.91 Å². The van der Waals surface area contributed by atoms with Gasteiger partial charge in [0.1, 0.15) is 0 Å². The summed E-state index contributed by atoms with van der Waals surface area (Å²) in [5, 5.41) is 1.30. The Hall–Kier alpha value is -3.12. The second kappa shape index (κ2) is 9.13. The van der Waals surface area contributed by atoms with Crippen molar-refractivity contribution >= 4 is 40.1 Å². The summed E-state index contributed by atoms with van der Waals surface area (Å²) in [6.45, 7) is 1.83. The van der Waals surface area contributed by atoms with Crippen molar-refractivity contribution in [2.45, 2.75) is 13.5 Å². The number of benzene rings is 2. The summed E-state index contributed by atoms with van der Waals surface area (Å²) in [7, 11) is 5.63. The second-order valence-corrected chi connectivity index (χ2v) is 7.78. The van der Waals surface area contributed by atoms with Gasteiger partial charge in [-0.05, 0) is 48.9 Å². The van der Waals surface area contributed by atoms with E-state index in [2.05, 4.69) is 4.98 Å². The lowest BCUT2D eigenvalue weighted by atomic mass is 10.1. The number of anilines is 1. The molecule has 0 N–H and O–H groups in total. The molecule has 1 amide bonds. The third-order valence-electron chi connectivity index (χ3n) is 4.81. The molecule has 0 bridgehead atoms. The fourth-order valence-electron chi connectivity index (χ4n) is 3.03. The molecule has 30 heavy (non-hydrogen) atoms. The van der Waals surface area contributed by atoms with Crippen molar-refractivity contribution in [2.24, 2.45) is 0 Å². The number of carbonyl (C=O) groups is 2. The number of pyridine rings is 1. The van der Waals surface area contributed by atoms with Gasteiger partial charge in [-0.1, -0.05) is 23.7 Å². The van der Waals surface area contributed by atoms with Gasteiger partial charge in [-0.25, -0.2) is 4.79 Å². The van der Waals surface area contributed by atoms with Crippen molar-refractivity contribution < 1.29 is 14.3 Å². The van der Waals surface area contributed by atoms with Gasteiger partial charge in [0.15, 0.2) is 6.61 Å². The van der Waals surface area contributed by atoms with Gasteiger partial charge in [-0.3, -0.25) is 9.78 Å².